The zero-order chi connectivity index (χ0) is 14.4. The Morgan fingerprint density at radius 1 is 1.33 bits per heavy atom. The van der Waals surface area contributed by atoms with Crippen LogP contribution in [0.5, 0.6) is 0 Å². The fourth-order valence-electron chi connectivity index (χ4n) is 4.83. The van der Waals surface area contributed by atoms with Crippen molar-refractivity contribution in [3.05, 3.63) is 0 Å². The highest BCUT2D eigenvalue weighted by molar-refractivity contribution is 7.99. The maximum Gasteiger partial charge on any atom is 0.224 e. The number of carbonyl (C=O) groups excluding carboxylic acids is 1. The molecule has 2 saturated heterocycles. The van der Waals surface area contributed by atoms with Crippen molar-refractivity contribution >= 4 is 30.1 Å². The summed E-state index contributed by atoms with van der Waals surface area (Å²) in [7, 11) is 0. The van der Waals surface area contributed by atoms with Gasteiger partial charge in [0.15, 0.2) is 0 Å². The summed E-state index contributed by atoms with van der Waals surface area (Å²) in [5.74, 6) is 2.66. The predicted molar refractivity (Wildman–Crippen MR) is 92.2 cm³/mol. The summed E-state index contributed by atoms with van der Waals surface area (Å²) in [6.45, 7) is 9.15. The maximum absolute atomic E-state index is 12.7. The minimum atomic E-state index is 0. The van der Waals surface area contributed by atoms with Crippen LogP contribution in [0.15, 0.2) is 0 Å². The van der Waals surface area contributed by atoms with Crippen LogP contribution < -0.4 is 5.32 Å². The summed E-state index contributed by atoms with van der Waals surface area (Å²) in [5, 5.41) is 3.49. The number of thioether (sulfide) groups is 1. The predicted octanol–water partition coefficient (Wildman–Crippen LogP) is 2.93. The van der Waals surface area contributed by atoms with Gasteiger partial charge in [-0.3, -0.25) is 4.79 Å². The van der Waals surface area contributed by atoms with Gasteiger partial charge in [0, 0.05) is 43.1 Å². The minimum Gasteiger partial charge on any atom is -0.339 e. The molecule has 0 aromatic carbocycles. The summed E-state index contributed by atoms with van der Waals surface area (Å²) in [4.78, 5) is 14.9. The Morgan fingerprint density at radius 2 is 2.10 bits per heavy atom. The van der Waals surface area contributed by atoms with Crippen molar-refractivity contribution in [3.63, 3.8) is 0 Å². The molecule has 3 nitrogen and oxygen atoms in total. The largest absolute Gasteiger partial charge is 0.339 e. The zero-order valence-corrected chi connectivity index (χ0v) is 15.1. The Morgan fingerprint density at radius 3 is 2.76 bits per heavy atom. The highest BCUT2D eigenvalue weighted by Gasteiger charge is 2.50. The fourth-order valence-corrected chi connectivity index (χ4v) is 5.78. The molecule has 3 rings (SSSR count). The van der Waals surface area contributed by atoms with Crippen molar-refractivity contribution in [1.82, 2.24) is 10.2 Å². The lowest BCUT2D eigenvalue weighted by molar-refractivity contribution is -0.132. The lowest BCUT2D eigenvalue weighted by atomic mass is 9.65. The Hall–Kier alpha value is 0.0700. The standard InChI is InChI=1S/C16H28N2OS.ClH/c1-15(2)7-13-8-16(3,10-15)11-18(13)14(19)6-12-9-20-5-4-17-12;/h12-13,17H,4-11H2,1-3H3;1H. The Balaban J connectivity index is 0.00000161. The molecule has 2 bridgehead atoms. The van der Waals surface area contributed by atoms with E-state index >= 15 is 0 Å². The summed E-state index contributed by atoms with van der Waals surface area (Å²) in [6, 6.07) is 0.884. The molecule has 3 aliphatic rings. The van der Waals surface area contributed by atoms with Crippen molar-refractivity contribution < 1.29 is 4.79 Å². The topological polar surface area (TPSA) is 32.3 Å². The van der Waals surface area contributed by atoms with E-state index in [4.69, 9.17) is 0 Å². The number of fused-ring (bicyclic) bond motifs is 2. The van der Waals surface area contributed by atoms with E-state index in [0.29, 0.717) is 35.2 Å². The van der Waals surface area contributed by atoms with Crippen LogP contribution in [0.1, 0.15) is 46.5 Å². The molecule has 1 saturated carbocycles. The molecule has 1 amide bonds. The lowest BCUT2D eigenvalue weighted by Gasteiger charge is -2.39. The quantitative estimate of drug-likeness (QED) is 0.844. The molecule has 3 fully saturated rings. The monoisotopic (exact) mass is 332 g/mol. The molecule has 0 spiro atoms. The van der Waals surface area contributed by atoms with Gasteiger partial charge in [-0.2, -0.15) is 11.8 Å². The van der Waals surface area contributed by atoms with E-state index in [1.165, 1.54) is 25.0 Å². The average Bonchev–Trinajstić information content (AvgIpc) is 2.60. The fraction of sp³-hybridized carbons (Fsp3) is 0.938. The van der Waals surface area contributed by atoms with E-state index in [1.807, 2.05) is 11.8 Å². The first-order valence-electron chi connectivity index (χ1n) is 7.98. The molecule has 3 atom stereocenters. The van der Waals surface area contributed by atoms with Gasteiger partial charge in [0.2, 0.25) is 5.91 Å². The van der Waals surface area contributed by atoms with Crippen LogP contribution >= 0.6 is 24.2 Å². The summed E-state index contributed by atoms with van der Waals surface area (Å²) in [5.41, 5.74) is 0.752. The molecule has 1 N–H and O–H groups in total. The van der Waals surface area contributed by atoms with E-state index in [-0.39, 0.29) is 12.4 Å². The number of amides is 1. The number of nitrogens with one attached hydrogen (secondary N) is 1. The molecular formula is C16H29ClN2OS. The molecule has 3 unspecified atom stereocenters. The number of hydrogen-bond acceptors (Lipinski definition) is 3. The summed E-state index contributed by atoms with van der Waals surface area (Å²) >= 11 is 1.97. The number of halogens is 1. The van der Waals surface area contributed by atoms with Crippen LogP contribution in [0.2, 0.25) is 0 Å². The summed E-state index contributed by atoms with van der Waals surface area (Å²) in [6.07, 6.45) is 4.36. The van der Waals surface area contributed by atoms with Crippen LogP contribution in [0.25, 0.3) is 0 Å². The van der Waals surface area contributed by atoms with E-state index in [9.17, 15) is 4.79 Å². The van der Waals surface area contributed by atoms with Gasteiger partial charge in [0.25, 0.3) is 0 Å². The second-order valence-corrected chi connectivity index (χ2v) is 9.32. The number of nitrogens with zero attached hydrogens (tertiary/aromatic N) is 1. The Labute approximate surface area is 139 Å². The number of hydrogen-bond donors (Lipinski definition) is 1. The van der Waals surface area contributed by atoms with Crippen molar-refractivity contribution in [1.29, 1.82) is 0 Å². The number of rotatable bonds is 2. The van der Waals surface area contributed by atoms with Gasteiger partial charge in [-0.15, -0.1) is 12.4 Å². The van der Waals surface area contributed by atoms with Gasteiger partial charge >= 0.3 is 0 Å². The molecule has 2 heterocycles. The number of carbonyl (C=O) groups is 1. The van der Waals surface area contributed by atoms with E-state index in [0.717, 1.165) is 18.8 Å². The zero-order valence-electron chi connectivity index (χ0n) is 13.5. The molecule has 5 heteroatoms. The van der Waals surface area contributed by atoms with Gasteiger partial charge in [0.1, 0.15) is 0 Å². The third-order valence-electron chi connectivity index (χ3n) is 5.15. The molecule has 0 radical (unpaired) electrons. The van der Waals surface area contributed by atoms with Gasteiger partial charge in [-0.05, 0) is 30.1 Å². The number of likely N-dealkylation sites (tertiary alicyclic amines) is 1. The van der Waals surface area contributed by atoms with E-state index < -0.39 is 0 Å². The smallest absolute Gasteiger partial charge is 0.224 e. The van der Waals surface area contributed by atoms with E-state index in [2.05, 4.69) is 31.0 Å². The summed E-state index contributed by atoms with van der Waals surface area (Å²) < 4.78 is 0. The third-order valence-corrected chi connectivity index (χ3v) is 6.29. The van der Waals surface area contributed by atoms with Crippen LogP contribution in [0, 0.1) is 10.8 Å². The average molecular weight is 333 g/mol. The first-order valence-corrected chi connectivity index (χ1v) is 9.13. The molecule has 2 aliphatic heterocycles. The Bertz CT molecular complexity index is 398. The van der Waals surface area contributed by atoms with Crippen LogP contribution in [-0.4, -0.2) is 47.5 Å². The third kappa shape index (κ3) is 3.89. The van der Waals surface area contributed by atoms with Gasteiger partial charge in [-0.1, -0.05) is 20.8 Å². The highest BCUT2D eigenvalue weighted by Crippen LogP contribution is 2.52. The minimum absolute atomic E-state index is 0. The molecule has 21 heavy (non-hydrogen) atoms. The first-order chi connectivity index (χ1) is 9.37. The maximum atomic E-state index is 12.7. The van der Waals surface area contributed by atoms with Gasteiger partial charge in [-0.25, -0.2) is 0 Å². The Kier molecular flexibility index (Phi) is 5.22. The van der Waals surface area contributed by atoms with Crippen molar-refractivity contribution in [3.8, 4) is 0 Å². The van der Waals surface area contributed by atoms with Crippen molar-refractivity contribution in [2.45, 2.75) is 58.5 Å². The van der Waals surface area contributed by atoms with Crippen molar-refractivity contribution in [2.75, 3.05) is 24.6 Å². The second-order valence-electron chi connectivity index (χ2n) is 8.17. The van der Waals surface area contributed by atoms with Crippen LogP contribution in [0.4, 0.5) is 0 Å². The SMILES string of the molecule is CC1(C)CC2CC(C)(CN2C(=O)CC2CSCCN2)C1.Cl. The lowest BCUT2D eigenvalue weighted by Crippen LogP contribution is -2.44. The molecule has 0 aromatic heterocycles. The van der Waals surface area contributed by atoms with E-state index in [1.54, 1.807) is 0 Å². The van der Waals surface area contributed by atoms with Gasteiger partial charge < -0.3 is 10.2 Å². The second kappa shape index (κ2) is 6.29. The van der Waals surface area contributed by atoms with Crippen LogP contribution in [0.3, 0.4) is 0 Å². The highest BCUT2D eigenvalue weighted by atomic mass is 35.5. The first kappa shape index (κ1) is 17.4. The van der Waals surface area contributed by atoms with Gasteiger partial charge in [0.05, 0.1) is 0 Å². The molecule has 122 valence electrons. The molecule has 0 aromatic rings. The normalized spacial score (nSPS) is 38.0. The van der Waals surface area contributed by atoms with Crippen molar-refractivity contribution in [2.24, 2.45) is 10.8 Å². The molecule has 1 aliphatic carbocycles. The molecular weight excluding hydrogens is 304 g/mol. The van der Waals surface area contributed by atoms with Crippen LogP contribution in [-0.2, 0) is 4.79 Å².